The first kappa shape index (κ1) is 11.5. The van der Waals surface area contributed by atoms with Crippen LogP contribution in [-0.2, 0) is 6.54 Å². The van der Waals surface area contributed by atoms with Gasteiger partial charge in [-0.2, -0.15) is 0 Å². The summed E-state index contributed by atoms with van der Waals surface area (Å²) in [6.45, 7) is 5.89. The van der Waals surface area contributed by atoms with Gasteiger partial charge >= 0.3 is 0 Å². The van der Waals surface area contributed by atoms with Gasteiger partial charge in [-0.25, -0.2) is 0 Å². The molecule has 0 radical (unpaired) electrons. The molecule has 2 aromatic carbocycles. The van der Waals surface area contributed by atoms with E-state index in [0.717, 1.165) is 6.54 Å². The van der Waals surface area contributed by atoms with Gasteiger partial charge in [0.1, 0.15) is 0 Å². The van der Waals surface area contributed by atoms with Crippen molar-refractivity contribution in [3.63, 3.8) is 0 Å². The van der Waals surface area contributed by atoms with Crippen molar-refractivity contribution in [1.29, 1.82) is 0 Å². The molecule has 18 heavy (non-hydrogen) atoms. The summed E-state index contributed by atoms with van der Waals surface area (Å²) in [5, 5.41) is 0. The number of aryl methyl sites for hydroxylation is 2. The average Bonchev–Trinajstić information content (AvgIpc) is 2.66. The van der Waals surface area contributed by atoms with Crippen molar-refractivity contribution >= 4 is 17.8 Å². The summed E-state index contributed by atoms with van der Waals surface area (Å²) in [5.41, 5.74) is 7.18. The average molecular weight is 235 g/mol. The number of hydrogen-bond acceptors (Lipinski definition) is 1. The van der Waals surface area contributed by atoms with Crippen molar-refractivity contribution in [2.24, 2.45) is 0 Å². The molecule has 0 fully saturated rings. The van der Waals surface area contributed by atoms with E-state index in [-0.39, 0.29) is 0 Å². The third-order valence-electron chi connectivity index (χ3n) is 3.87. The predicted octanol–water partition coefficient (Wildman–Crippen LogP) is 1.85. The zero-order valence-corrected chi connectivity index (χ0v) is 11.3. The van der Waals surface area contributed by atoms with Crippen molar-refractivity contribution in [3.05, 3.63) is 59.2 Å². The van der Waals surface area contributed by atoms with Gasteiger partial charge in [0.05, 0.1) is 0 Å². The molecule has 3 rings (SSSR count). The Morgan fingerprint density at radius 1 is 1.06 bits per heavy atom. The van der Waals surface area contributed by atoms with Crippen LogP contribution in [0, 0.1) is 13.8 Å². The van der Waals surface area contributed by atoms with E-state index in [2.05, 4.69) is 68.2 Å². The van der Waals surface area contributed by atoms with E-state index in [0.29, 0.717) is 6.85 Å². The summed E-state index contributed by atoms with van der Waals surface area (Å²) in [6, 6.07) is 15.4. The molecule has 1 nitrogen and oxygen atoms in total. The third kappa shape index (κ3) is 1.77. The molecule has 0 aliphatic carbocycles. The van der Waals surface area contributed by atoms with Crippen molar-refractivity contribution in [2.45, 2.75) is 20.4 Å². The molecule has 0 spiro atoms. The molecule has 0 saturated heterocycles. The molecule has 0 bridgehead atoms. The summed E-state index contributed by atoms with van der Waals surface area (Å²) in [5.74, 6) is 0. The Labute approximate surface area is 110 Å². The Hall–Kier alpha value is -1.54. The number of benzene rings is 2. The van der Waals surface area contributed by atoms with Crippen molar-refractivity contribution in [1.82, 2.24) is 4.81 Å². The Balaban J connectivity index is 2.15. The van der Waals surface area contributed by atoms with Crippen LogP contribution in [0.1, 0.15) is 16.7 Å². The molecule has 0 aromatic heterocycles. The van der Waals surface area contributed by atoms with Crippen LogP contribution >= 0.6 is 0 Å². The molecular weight excluding hydrogens is 217 g/mol. The minimum absolute atomic E-state index is 0.418. The van der Waals surface area contributed by atoms with Crippen LogP contribution in [-0.4, -0.2) is 18.7 Å². The van der Waals surface area contributed by atoms with Gasteiger partial charge in [-0.15, -0.1) is 0 Å². The molecule has 1 heterocycles. The Morgan fingerprint density at radius 2 is 1.78 bits per heavy atom. The van der Waals surface area contributed by atoms with Gasteiger partial charge in [0.2, 0.25) is 0 Å². The normalized spacial score (nSPS) is 14.9. The van der Waals surface area contributed by atoms with Crippen molar-refractivity contribution in [3.8, 4) is 0 Å². The lowest BCUT2D eigenvalue weighted by Gasteiger charge is -2.18. The highest BCUT2D eigenvalue weighted by Gasteiger charge is 2.34. The first-order valence-corrected chi connectivity index (χ1v) is 6.52. The molecule has 1 aliphatic heterocycles. The van der Waals surface area contributed by atoms with Gasteiger partial charge in [-0.3, -0.25) is 0 Å². The monoisotopic (exact) mass is 235 g/mol. The van der Waals surface area contributed by atoms with Crippen molar-refractivity contribution < 1.29 is 0 Å². The van der Waals surface area contributed by atoms with Gasteiger partial charge in [0.15, 0.2) is 0 Å². The van der Waals surface area contributed by atoms with Gasteiger partial charge in [-0.1, -0.05) is 59.1 Å². The quantitative estimate of drug-likeness (QED) is 0.682. The predicted molar refractivity (Wildman–Crippen MR) is 78.8 cm³/mol. The van der Waals surface area contributed by atoms with E-state index < -0.39 is 0 Å². The molecule has 0 saturated carbocycles. The second-order valence-corrected chi connectivity index (χ2v) is 5.38. The summed E-state index contributed by atoms with van der Waals surface area (Å²) in [7, 11) is 2.21. The van der Waals surface area contributed by atoms with E-state index in [1.165, 1.54) is 27.6 Å². The molecule has 0 unspecified atom stereocenters. The largest absolute Gasteiger partial charge is 0.333 e. The molecule has 2 aromatic rings. The van der Waals surface area contributed by atoms with Crippen LogP contribution in [0.25, 0.3) is 0 Å². The van der Waals surface area contributed by atoms with Crippen LogP contribution in [0.3, 0.4) is 0 Å². The number of hydrogen-bond donors (Lipinski definition) is 0. The standard InChI is InChI=1S/C16H18BN/c1-12-9-13(2)16-14(10-12)11-18(3)17(16)15-7-5-4-6-8-15/h4-10H,11H2,1-3H3. The molecule has 0 atom stereocenters. The highest BCUT2D eigenvalue weighted by atomic mass is 15.0. The Bertz CT molecular complexity index is 577. The Morgan fingerprint density at radius 3 is 2.50 bits per heavy atom. The second-order valence-electron chi connectivity index (χ2n) is 5.38. The highest BCUT2D eigenvalue weighted by Crippen LogP contribution is 2.17. The number of nitrogens with zero attached hydrogens (tertiary/aromatic N) is 1. The van der Waals surface area contributed by atoms with E-state index in [1.54, 1.807) is 0 Å². The van der Waals surface area contributed by atoms with Crippen LogP contribution in [0.5, 0.6) is 0 Å². The fraction of sp³-hybridized carbons (Fsp3) is 0.250. The van der Waals surface area contributed by atoms with E-state index in [1.807, 2.05) is 0 Å². The van der Waals surface area contributed by atoms with Gasteiger partial charge in [-0.05, 0) is 31.9 Å². The van der Waals surface area contributed by atoms with Crippen LogP contribution in [0.2, 0.25) is 0 Å². The fourth-order valence-electron chi connectivity index (χ4n) is 3.23. The van der Waals surface area contributed by atoms with Gasteiger partial charge in [0.25, 0.3) is 6.85 Å². The van der Waals surface area contributed by atoms with Gasteiger partial charge in [0, 0.05) is 6.54 Å². The summed E-state index contributed by atoms with van der Waals surface area (Å²) in [6.07, 6.45) is 0. The maximum atomic E-state index is 2.44. The second kappa shape index (κ2) is 4.29. The maximum Gasteiger partial charge on any atom is 0.292 e. The van der Waals surface area contributed by atoms with E-state index in [9.17, 15) is 0 Å². The van der Waals surface area contributed by atoms with Gasteiger partial charge < -0.3 is 4.81 Å². The maximum absolute atomic E-state index is 2.44. The van der Waals surface area contributed by atoms with E-state index >= 15 is 0 Å². The van der Waals surface area contributed by atoms with Crippen LogP contribution < -0.4 is 10.9 Å². The lowest BCUT2D eigenvalue weighted by Crippen LogP contribution is -2.50. The first-order chi connectivity index (χ1) is 8.66. The molecule has 0 amide bonds. The molecular formula is C16H18BN. The molecule has 2 heteroatoms. The number of fused-ring (bicyclic) bond motifs is 1. The smallest absolute Gasteiger partial charge is 0.292 e. The molecule has 1 aliphatic rings. The fourth-order valence-corrected chi connectivity index (χ4v) is 3.23. The molecule has 90 valence electrons. The highest BCUT2D eigenvalue weighted by molar-refractivity contribution is 6.84. The lowest BCUT2D eigenvalue weighted by molar-refractivity contribution is 0.546. The van der Waals surface area contributed by atoms with Crippen molar-refractivity contribution in [2.75, 3.05) is 7.05 Å². The molecule has 0 N–H and O–H groups in total. The minimum atomic E-state index is 0.418. The van der Waals surface area contributed by atoms with Crippen LogP contribution in [0.4, 0.5) is 0 Å². The minimum Gasteiger partial charge on any atom is -0.333 e. The zero-order chi connectivity index (χ0) is 12.7. The lowest BCUT2D eigenvalue weighted by atomic mass is 9.50. The zero-order valence-electron chi connectivity index (χ0n) is 11.3. The third-order valence-corrected chi connectivity index (χ3v) is 3.87. The summed E-state index contributed by atoms with van der Waals surface area (Å²) in [4.78, 5) is 2.44. The number of rotatable bonds is 1. The van der Waals surface area contributed by atoms with Crippen LogP contribution in [0.15, 0.2) is 42.5 Å². The topological polar surface area (TPSA) is 3.24 Å². The SMILES string of the molecule is Cc1cc(C)c2c(c1)CN(C)B2c1ccccc1. The Kier molecular flexibility index (Phi) is 2.75. The summed E-state index contributed by atoms with van der Waals surface area (Å²) < 4.78 is 0. The summed E-state index contributed by atoms with van der Waals surface area (Å²) >= 11 is 0. The van der Waals surface area contributed by atoms with E-state index in [4.69, 9.17) is 0 Å². The first-order valence-electron chi connectivity index (χ1n) is 6.52.